The maximum absolute atomic E-state index is 6.12. The minimum absolute atomic E-state index is 0.154. The molecule has 94 valence electrons. The average molecular weight is 234 g/mol. The number of hydrogen-bond acceptors (Lipinski definition) is 3. The van der Waals surface area contributed by atoms with Gasteiger partial charge in [-0.3, -0.25) is 0 Å². The quantitative estimate of drug-likeness (QED) is 0.843. The average Bonchev–Trinajstić information content (AvgIpc) is 2.95. The van der Waals surface area contributed by atoms with Gasteiger partial charge >= 0.3 is 0 Å². The van der Waals surface area contributed by atoms with Crippen molar-refractivity contribution in [2.45, 2.75) is 44.7 Å². The molecule has 0 radical (unpaired) electrons. The number of aromatic nitrogens is 2. The molecule has 0 saturated carbocycles. The fraction of sp³-hybridized carbons (Fsp3) is 0.769. The SMILES string of the molecule is CCN1CCC(c2cn3c(n2)C(N)CCC3)C1. The van der Waals surface area contributed by atoms with Gasteiger partial charge in [0.15, 0.2) is 0 Å². The molecule has 3 heterocycles. The van der Waals surface area contributed by atoms with E-state index in [1.165, 1.54) is 31.6 Å². The molecule has 2 aliphatic rings. The second-order valence-electron chi connectivity index (χ2n) is 5.34. The van der Waals surface area contributed by atoms with Gasteiger partial charge in [0.2, 0.25) is 0 Å². The Labute approximate surface area is 103 Å². The minimum Gasteiger partial charge on any atom is -0.333 e. The molecule has 2 unspecified atom stereocenters. The van der Waals surface area contributed by atoms with Crippen molar-refractivity contribution in [3.8, 4) is 0 Å². The van der Waals surface area contributed by atoms with E-state index in [0.717, 1.165) is 25.3 Å². The van der Waals surface area contributed by atoms with Crippen LogP contribution in [0.4, 0.5) is 0 Å². The van der Waals surface area contributed by atoms with Crippen molar-refractivity contribution in [2.75, 3.05) is 19.6 Å². The van der Waals surface area contributed by atoms with Crippen LogP contribution in [0.2, 0.25) is 0 Å². The van der Waals surface area contributed by atoms with Crippen molar-refractivity contribution in [1.29, 1.82) is 0 Å². The van der Waals surface area contributed by atoms with Gasteiger partial charge in [-0.25, -0.2) is 4.98 Å². The lowest BCUT2D eigenvalue weighted by Crippen LogP contribution is -2.21. The molecule has 3 rings (SSSR count). The van der Waals surface area contributed by atoms with Crippen LogP contribution in [-0.4, -0.2) is 34.1 Å². The third kappa shape index (κ3) is 2.00. The first-order chi connectivity index (χ1) is 8.28. The van der Waals surface area contributed by atoms with Crippen LogP contribution in [0.25, 0.3) is 0 Å². The third-order valence-corrected chi connectivity index (χ3v) is 4.21. The van der Waals surface area contributed by atoms with Gasteiger partial charge in [0.1, 0.15) is 5.82 Å². The van der Waals surface area contributed by atoms with Gasteiger partial charge in [0, 0.05) is 25.2 Å². The molecule has 2 aliphatic heterocycles. The van der Waals surface area contributed by atoms with Gasteiger partial charge < -0.3 is 15.2 Å². The Balaban J connectivity index is 1.80. The van der Waals surface area contributed by atoms with Crippen LogP contribution < -0.4 is 5.73 Å². The first-order valence-electron chi connectivity index (χ1n) is 6.83. The van der Waals surface area contributed by atoms with E-state index < -0.39 is 0 Å². The molecular weight excluding hydrogens is 212 g/mol. The highest BCUT2D eigenvalue weighted by atomic mass is 15.2. The van der Waals surface area contributed by atoms with E-state index in [0.29, 0.717) is 5.92 Å². The maximum atomic E-state index is 6.12. The molecule has 0 aliphatic carbocycles. The number of nitrogens with two attached hydrogens (primary N) is 1. The van der Waals surface area contributed by atoms with Gasteiger partial charge in [-0.15, -0.1) is 0 Å². The third-order valence-electron chi connectivity index (χ3n) is 4.21. The van der Waals surface area contributed by atoms with Crippen LogP contribution in [0.1, 0.15) is 49.7 Å². The summed E-state index contributed by atoms with van der Waals surface area (Å²) in [7, 11) is 0. The van der Waals surface area contributed by atoms with Crippen molar-refractivity contribution in [3.05, 3.63) is 17.7 Å². The number of nitrogens with zero attached hydrogens (tertiary/aromatic N) is 3. The highest BCUT2D eigenvalue weighted by molar-refractivity contribution is 5.15. The monoisotopic (exact) mass is 234 g/mol. The predicted octanol–water partition coefficient (Wildman–Crippen LogP) is 1.49. The Morgan fingerprint density at radius 3 is 3.00 bits per heavy atom. The molecule has 2 N–H and O–H groups in total. The molecule has 2 atom stereocenters. The Morgan fingerprint density at radius 2 is 2.29 bits per heavy atom. The number of rotatable bonds is 2. The number of fused-ring (bicyclic) bond motifs is 1. The Bertz CT molecular complexity index is 398. The smallest absolute Gasteiger partial charge is 0.125 e. The lowest BCUT2D eigenvalue weighted by Gasteiger charge is -2.19. The van der Waals surface area contributed by atoms with E-state index in [-0.39, 0.29) is 6.04 Å². The van der Waals surface area contributed by atoms with E-state index in [9.17, 15) is 0 Å². The van der Waals surface area contributed by atoms with Crippen molar-refractivity contribution in [1.82, 2.24) is 14.5 Å². The van der Waals surface area contributed by atoms with E-state index in [1.807, 2.05) is 0 Å². The summed E-state index contributed by atoms with van der Waals surface area (Å²) in [5, 5.41) is 0. The Hall–Kier alpha value is -0.870. The number of imidazole rings is 1. The summed E-state index contributed by atoms with van der Waals surface area (Å²) in [5.74, 6) is 1.74. The van der Waals surface area contributed by atoms with Crippen LogP contribution in [0.3, 0.4) is 0 Å². The Morgan fingerprint density at radius 1 is 1.41 bits per heavy atom. The first-order valence-corrected chi connectivity index (χ1v) is 6.83. The fourth-order valence-corrected chi connectivity index (χ4v) is 3.09. The van der Waals surface area contributed by atoms with Gasteiger partial charge in [-0.1, -0.05) is 6.92 Å². The molecule has 0 aromatic carbocycles. The fourth-order valence-electron chi connectivity index (χ4n) is 3.09. The summed E-state index contributed by atoms with van der Waals surface area (Å²) in [4.78, 5) is 7.30. The molecule has 4 heteroatoms. The van der Waals surface area contributed by atoms with Gasteiger partial charge in [-0.05, 0) is 32.4 Å². The standard InChI is InChI=1S/C13H22N4/c1-2-16-7-5-10(8-16)12-9-17-6-3-4-11(14)13(17)15-12/h9-11H,2-8,14H2,1H3. The first kappa shape index (κ1) is 11.2. The molecule has 0 spiro atoms. The zero-order chi connectivity index (χ0) is 11.8. The molecule has 17 heavy (non-hydrogen) atoms. The van der Waals surface area contributed by atoms with Crippen molar-refractivity contribution in [3.63, 3.8) is 0 Å². The molecule has 1 aromatic rings. The van der Waals surface area contributed by atoms with Gasteiger partial charge in [-0.2, -0.15) is 0 Å². The molecule has 0 bridgehead atoms. The highest BCUT2D eigenvalue weighted by Gasteiger charge is 2.27. The maximum Gasteiger partial charge on any atom is 0.125 e. The van der Waals surface area contributed by atoms with Crippen molar-refractivity contribution < 1.29 is 0 Å². The second kappa shape index (κ2) is 4.42. The summed E-state index contributed by atoms with van der Waals surface area (Å²) < 4.78 is 2.28. The zero-order valence-electron chi connectivity index (χ0n) is 10.6. The van der Waals surface area contributed by atoms with Crippen LogP contribution in [0, 0.1) is 0 Å². The molecular formula is C13H22N4. The van der Waals surface area contributed by atoms with E-state index in [4.69, 9.17) is 10.7 Å². The summed E-state index contributed by atoms with van der Waals surface area (Å²) in [6, 6.07) is 0.154. The second-order valence-corrected chi connectivity index (χ2v) is 5.34. The molecule has 0 amide bonds. The lowest BCUT2D eigenvalue weighted by molar-refractivity contribution is 0.353. The van der Waals surface area contributed by atoms with Gasteiger partial charge in [0.25, 0.3) is 0 Å². The Kier molecular flexibility index (Phi) is 2.92. The highest BCUT2D eigenvalue weighted by Crippen LogP contribution is 2.29. The van der Waals surface area contributed by atoms with Crippen LogP contribution >= 0.6 is 0 Å². The molecule has 1 aromatic heterocycles. The summed E-state index contributed by atoms with van der Waals surface area (Å²) in [6.07, 6.45) is 5.77. The number of aryl methyl sites for hydroxylation is 1. The van der Waals surface area contributed by atoms with E-state index >= 15 is 0 Å². The summed E-state index contributed by atoms with van der Waals surface area (Å²) >= 11 is 0. The summed E-state index contributed by atoms with van der Waals surface area (Å²) in [5.41, 5.74) is 7.39. The van der Waals surface area contributed by atoms with Crippen LogP contribution in [-0.2, 0) is 6.54 Å². The number of likely N-dealkylation sites (N-methyl/N-ethyl adjacent to an activating group) is 1. The number of hydrogen-bond donors (Lipinski definition) is 1. The predicted molar refractivity (Wildman–Crippen MR) is 67.9 cm³/mol. The van der Waals surface area contributed by atoms with Crippen molar-refractivity contribution >= 4 is 0 Å². The molecule has 1 saturated heterocycles. The normalized spacial score (nSPS) is 29.5. The van der Waals surface area contributed by atoms with Crippen LogP contribution in [0.15, 0.2) is 6.20 Å². The topological polar surface area (TPSA) is 47.1 Å². The van der Waals surface area contributed by atoms with Crippen molar-refractivity contribution in [2.24, 2.45) is 5.73 Å². The number of likely N-dealkylation sites (tertiary alicyclic amines) is 1. The van der Waals surface area contributed by atoms with E-state index in [1.54, 1.807) is 0 Å². The summed E-state index contributed by atoms with van der Waals surface area (Å²) in [6.45, 7) is 6.87. The van der Waals surface area contributed by atoms with Gasteiger partial charge in [0.05, 0.1) is 11.7 Å². The largest absolute Gasteiger partial charge is 0.333 e. The lowest BCUT2D eigenvalue weighted by atomic mass is 10.1. The molecule has 4 nitrogen and oxygen atoms in total. The molecule has 1 fully saturated rings. The minimum atomic E-state index is 0.154. The zero-order valence-corrected chi connectivity index (χ0v) is 10.6. The van der Waals surface area contributed by atoms with E-state index in [2.05, 4.69) is 22.6 Å². The van der Waals surface area contributed by atoms with Crippen LogP contribution in [0.5, 0.6) is 0 Å².